The minimum atomic E-state index is 0.0441. The fourth-order valence-corrected chi connectivity index (χ4v) is 2.68. The second-order valence-corrected chi connectivity index (χ2v) is 5.42. The molecule has 0 heterocycles. The van der Waals surface area contributed by atoms with Crippen LogP contribution >= 0.6 is 11.8 Å². The van der Waals surface area contributed by atoms with Gasteiger partial charge in [-0.3, -0.25) is 4.79 Å². The van der Waals surface area contributed by atoms with E-state index in [1.165, 1.54) is 0 Å². The second-order valence-electron chi connectivity index (χ2n) is 4.50. The molecule has 0 fully saturated rings. The van der Waals surface area contributed by atoms with Crippen LogP contribution in [0.5, 0.6) is 0 Å². The van der Waals surface area contributed by atoms with Crippen molar-refractivity contribution in [2.75, 3.05) is 24.8 Å². The largest absolute Gasteiger partial charge is 0.398 e. The number of thioether (sulfide) groups is 1. The quantitative estimate of drug-likeness (QED) is 0.834. The predicted molar refractivity (Wildman–Crippen MR) is 80.1 cm³/mol. The van der Waals surface area contributed by atoms with Crippen molar-refractivity contribution in [3.05, 3.63) is 29.3 Å². The highest BCUT2D eigenvalue weighted by atomic mass is 32.2. The van der Waals surface area contributed by atoms with Crippen LogP contribution in [-0.2, 0) is 0 Å². The predicted octanol–water partition coefficient (Wildman–Crippen LogP) is 2.79. The van der Waals surface area contributed by atoms with Crippen molar-refractivity contribution < 1.29 is 4.79 Å². The first-order valence-electron chi connectivity index (χ1n) is 6.13. The summed E-state index contributed by atoms with van der Waals surface area (Å²) in [6, 6.07) is 5.78. The van der Waals surface area contributed by atoms with Gasteiger partial charge in [0.25, 0.3) is 5.91 Å². The summed E-state index contributed by atoms with van der Waals surface area (Å²) < 4.78 is 0. The van der Waals surface area contributed by atoms with Crippen LogP contribution in [0, 0.1) is 6.92 Å². The molecule has 0 aliphatic rings. The topological polar surface area (TPSA) is 46.3 Å². The molecule has 0 saturated heterocycles. The number of aryl methyl sites for hydroxylation is 1. The van der Waals surface area contributed by atoms with E-state index in [4.69, 9.17) is 5.73 Å². The first-order chi connectivity index (χ1) is 8.51. The molecule has 0 bridgehead atoms. The molecule has 1 unspecified atom stereocenters. The molecule has 1 aromatic carbocycles. The second kappa shape index (κ2) is 6.69. The monoisotopic (exact) mass is 266 g/mol. The Morgan fingerprint density at radius 2 is 2.17 bits per heavy atom. The SMILES string of the molecule is CCC(CSC)N(C)C(=O)c1ccc(C)c(N)c1. The molecule has 1 amide bonds. The fourth-order valence-electron chi connectivity index (χ4n) is 1.84. The average molecular weight is 266 g/mol. The number of benzene rings is 1. The number of carbonyl (C=O) groups excluding carboxylic acids is 1. The summed E-state index contributed by atoms with van der Waals surface area (Å²) in [5, 5.41) is 0. The highest BCUT2D eigenvalue weighted by Gasteiger charge is 2.19. The average Bonchev–Trinajstić information content (AvgIpc) is 2.37. The van der Waals surface area contributed by atoms with Crippen molar-refractivity contribution in [3.8, 4) is 0 Å². The maximum atomic E-state index is 12.3. The standard InChI is InChI=1S/C14H22N2OS/c1-5-12(9-18-4)16(3)14(17)11-7-6-10(2)13(15)8-11/h6-8,12H,5,9,15H2,1-4H3. The van der Waals surface area contributed by atoms with E-state index in [1.807, 2.05) is 31.0 Å². The van der Waals surface area contributed by atoms with E-state index in [2.05, 4.69) is 13.2 Å². The molecule has 3 nitrogen and oxygen atoms in total. The van der Waals surface area contributed by atoms with Crippen LogP contribution in [0.3, 0.4) is 0 Å². The van der Waals surface area contributed by atoms with Crippen LogP contribution in [0.25, 0.3) is 0 Å². The van der Waals surface area contributed by atoms with Gasteiger partial charge in [0.2, 0.25) is 0 Å². The van der Waals surface area contributed by atoms with E-state index in [-0.39, 0.29) is 11.9 Å². The lowest BCUT2D eigenvalue weighted by molar-refractivity contribution is 0.0743. The smallest absolute Gasteiger partial charge is 0.253 e. The van der Waals surface area contributed by atoms with Crippen molar-refractivity contribution in [1.29, 1.82) is 0 Å². The lowest BCUT2D eigenvalue weighted by Gasteiger charge is -2.27. The summed E-state index contributed by atoms with van der Waals surface area (Å²) in [5.41, 5.74) is 8.20. The van der Waals surface area contributed by atoms with Gasteiger partial charge in [0.05, 0.1) is 0 Å². The number of nitrogen functional groups attached to an aromatic ring is 1. The number of rotatable bonds is 5. The van der Waals surface area contributed by atoms with E-state index >= 15 is 0 Å². The zero-order valence-corrected chi connectivity index (χ0v) is 12.4. The van der Waals surface area contributed by atoms with Gasteiger partial charge in [0, 0.05) is 30.1 Å². The molecular weight excluding hydrogens is 244 g/mol. The van der Waals surface area contributed by atoms with Gasteiger partial charge in [-0.25, -0.2) is 0 Å². The highest BCUT2D eigenvalue weighted by molar-refractivity contribution is 7.98. The fraction of sp³-hybridized carbons (Fsp3) is 0.500. The summed E-state index contributed by atoms with van der Waals surface area (Å²) >= 11 is 1.76. The Labute approximate surface area is 114 Å². The van der Waals surface area contributed by atoms with Crippen molar-refractivity contribution in [2.45, 2.75) is 26.3 Å². The highest BCUT2D eigenvalue weighted by Crippen LogP contribution is 2.17. The van der Waals surface area contributed by atoms with Crippen LogP contribution in [0.4, 0.5) is 5.69 Å². The Balaban J connectivity index is 2.88. The van der Waals surface area contributed by atoms with Crippen molar-refractivity contribution in [1.82, 2.24) is 4.90 Å². The number of anilines is 1. The molecule has 0 aliphatic heterocycles. The summed E-state index contributed by atoms with van der Waals surface area (Å²) in [6.45, 7) is 4.05. The molecule has 0 spiro atoms. The third-order valence-corrected chi connectivity index (χ3v) is 3.94. The molecule has 100 valence electrons. The Kier molecular flexibility index (Phi) is 5.54. The minimum Gasteiger partial charge on any atom is -0.398 e. The molecule has 4 heteroatoms. The Morgan fingerprint density at radius 1 is 1.50 bits per heavy atom. The molecule has 0 aromatic heterocycles. The number of nitrogens with zero attached hydrogens (tertiary/aromatic N) is 1. The van der Waals surface area contributed by atoms with Crippen LogP contribution in [0.2, 0.25) is 0 Å². The molecule has 1 atom stereocenters. The van der Waals surface area contributed by atoms with Crippen LogP contribution in [0.1, 0.15) is 29.3 Å². The number of carbonyl (C=O) groups is 1. The summed E-state index contributed by atoms with van der Waals surface area (Å²) in [5.74, 6) is 1.00. The van der Waals surface area contributed by atoms with Crippen molar-refractivity contribution >= 4 is 23.4 Å². The Hall–Kier alpha value is -1.16. The summed E-state index contributed by atoms with van der Waals surface area (Å²) in [7, 11) is 1.86. The molecule has 18 heavy (non-hydrogen) atoms. The van der Waals surface area contributed by atoms with Gasteiger partial charge >= 0.3 is 0 Å². The number of nitrogens with two attached hydrogens (primary N) is 1. The van der Waals surface area contributed by atoms with Crippen molar-refractivity contribution in [3.63, 3.8) is 0 Å². The van der Waals surface area contributed by atoms with Crippen molar-refractivity contribution in [2.24, 2.45) is 0 Å². The number of amides is 1. The molecule has 1 rings (SSSR count). The zero-order chi connectivity index (χ0) is 13.7. The maximum Gasteiger partial charge on any atom is 0.253 e. The van der Waals surface area contributed by atoms with Crippen LogP contribution in [0.15, 0.2) is 18.2 Å². The van der Waals surface area contributed by atoms with E-state index in [0.717, 1.165) is 17.7 Å². The molecule has 0 saturated carbocycles. The van der Waals surface area contributed by atoms with Gasteiger partial charge in [0.15, 0.2) is 0 Å². The molecule has 0 radical (unpaired) electrons. The van der Waals surface area contributed by atoms with Gasteiger partial charge < -0.3 is 10.6 Å². The van der Waals surface area contributed by atoms with Gasteiger partial charge in [-0.2, -0.15) is 11.8 Å². The normalized spacial score (nSPS) is 12.2. The summed E-state index contributed by atoms with van der Waals surface area (Å²) in [4.78, 5) is 14.2. The van der Waals surface area contributed by atoms with E-state index < -0.39 is 0 Å². The molecule has 2 N–H and O–H groups in total. The van der Waals surface area contributed by atoms with Gasteiger partial charge in [0.1, 0.15) is 0 Å². The Bertz CT molecular complexity index is 420. The maximum absolute atomic E-state index is 12.3. The lowest BCUT2D eigenvalue weighted by atomic mass is 10.1. The van der Waals surface area contributed by atoms with E-state index in [0.29, 0.717) is 11.3 Å². The van der Waals surface area contributed by atoms with Gasteiger partial charge in [-0.1, -0.05) is 13.0 Å². The number of hydrogen-bond donors (Lipinski definition) is 1. The minimum absolute atomic E-state index is 0.0441. The summed E-state index contributed by atoms with van der Waals surface area (Å²) in [6.07, 6.45) is 3.02. The van der Waals surface area contributed by atoms with Crippen LogP contribution < -0.4 is 5.73 Å². The first kappa shape index (κ1) is 14.9. The molecule has 1 aromatic rings. The third-order valence-electron chi connectivity index (χ3n) is 3.22. The lowest BCUT2D eigenvalue weighted by Crippen LogP contribution is -2.38. The van der Waals surface area contributed by atoms with E-state index in [1.54, 1.807) is 17.8 Å². The zero-order valence-electron chi connectivity index (χ0n) is 11.6. The third kappa shape index (κ3) is 3.42. The van der Waals surface area contributed by atoms with Gasteiger partial charge in [-0.15, -0.1) is 0 Å². The number of hydrogen-bond acceptors (Lipinski definition) is 3. The molecular formula is C14H22N2OS. The van der Waals surface area contributed by atoms with Gasteiger partial charge in [-0.05, 0) is 37.3 Å². The van der Waals surface area contributed by atoms with E-state index in [9.17, 15) is 4.79 Å². The first-order valence-corrected chi connectivity index (χ1v) is 7.52. The molecule has 0 aliphatic carbocycles. The van der Waals surface area contributed by atoms with Crippen LogP contribution in [-0.4, -0.2) is 35.9 Å². The Morgan fingerprint density at radius 3 is 2.67 bits per heavy atom.